The first-order valence-corrected chi connectivity index (χ1v) is 6.19. The minimum Gasteiger partial charge on any atom is -0.395 e. The summed E-state index contributed by atoms with van der Waals surface area (Å²) in [5.41, 5.74) is 7.05. The van der Waals surface area contributed by atoms with E-state index in [1.807, 2.05) is 18.2 Å². The second-order valence-electron chi connectivity index (χ2n) is 4.36. The van der Waals surface area contributed by atoms with E-state index >= 15 is 0 Å². The lowest BCUT2D eigenvalue weighted by atomic mass is 10.1. The van der Waals surface area contributed by atoms with Crippen LogP contribution in [0, 0.1) is 11.6 Å². The number of nitrogens with two attached hydrogens (primary N) is 1. The lowest BCUT2D eigenvalue weighted by Gasteiger charge is -2.10. The third-order valence-corrected chi connectivity index (χ3v) is 2.89. The fourth-order valence-corrected chi connectivity index (χ4v) is 1.89. The molecule has 2 aromatic carbocycles. The Morgan fingerprint density at radius 3 is 2.53 bits per heavy atom. The van der Waals surface area contributed by atoms with Gasteiger partial charge in [-0.1, -0.05) is 30.3 Å². The van der Waals surface area contributed by atoms with Crippen LogP contribution in [-0.4, -0.2) is 6.54 Å². The lowest BCUT2D eigenvalue weighted by Crippen LogP contribution is -2.07. The van der Waals surface area contributed by atoms with E-state index in [1.54, 1.807) is 0 Å². The van der Waals surface area contributed by atoms with Crippen molar-refractivity contribution in [1.82, 2.24) is 0 Å². The third kappa shape index (κ3) is 3.68. The Bertz CT molecular complexity index is 541. The van der Waals surface area contributed by atoms with Crippen molar-refractivity contribution >= 4 is 11.4 Å². The van der Waals surface area contributed by atoms with Gasteiger partial charge in [0.15, 0.2) is 5.82 Å². The predicted octanol–water partition coefficient (Wildman–Crippen LogP) is 3.59. The number of nitrogen functional groups attached to an aromatic ring is 1. The molecule has 0 aromatic heterocycles. The second kappa shape index (κ2) is 6.18. The van der Waals surface area contributed by atoms with E-state index in [1.165, 1.54) is 11.6 Å². The Morgan fingerprint density at radius 2 is 1.79 bits per heavy atom. The van der Waals surface area contributed by atoms with Gasteiger partial charge in [0, 0.05) is 12.6 Å². The number of hydrogen-bond acceptors (Lipinski definition) is 2. The van der Waals surface area contributed by atoms with Crippen molar-refractivity contribution in [1.29, 1.82) is 0 Å². The molecular weight excluding hydrogens is 246 g/mol. The number of nitrogens with one attached hydrogen (secondary N) is 1. The Kier molecular flexibility index (Phi) is 4.34. The van der Waals surface area contributed by atoms with E-state index in [4.69, 9.17) is 5.73 Å². The van der Waals surface area contributed by atoms with Crippen LogP contribution in [0.1, 0.15) is 12.0 Å². The zero-order valence-corrected chi connectivity index (χ0v) is 10.5. The molecule has 0 saturated heterocycles. The summed E-state index contributed by atoms with van der Waals surface area (Å²) in [5, 5.41) is 2.96. The number of rotatable bonds is 5. The van der Waals surface area contributed by atoms with Crippen molar-refractivity contribution in [3.8, 4) is 0 Å². The fraction of sp³-hybridized carbons (Fsp3) is 0.200. The molecule has 0 heterocycles. The molecule has 0 saturated carbocycles. The molecule has 19 heavy (non-hydrogen) atoms. The van der Waals surface area contributed by atoms with E-state index in [0.29, 0.717) is 12.2 Å². The number of aryl methyl sites for hydroxylation is 1. The predicted molar refractivity (Wildman–Crippen MR) is 74.0 cm³/mol. The number of hydrogen-bond donors (Lipinski definition) is 2. The molecule has 0 atom stereocenters. The highest BCUT2D eigenvalue weighted by Crippen LogP contribution is 2.23. The van der Waals surface area contributed by atoms with Crippen LogP contribution in [0.15, 0.2) is 42.5 Å². The monoisotopic (exact) mass is 262 g/mol. The molecule has 0 radical (unpaired) electrons. The van der Waals surface area contributed by atoms with Gasteiger partial charge in [-0.3, -0.25) is 0 Å². The lowest BCUT2D eigenvalue weighted by molar-refractivity contribution is 0.587. The third-order valence-electron chi connectivity index (χ3n) is 2.89. The van der Waals surface area contributed by atoms with Gasteiger partial charge in [-0.15, -0.1) is 0 Å². The van der Waals surface area contributed by atoms with E-state index in [-0.39, 0.29) is 5.69 Å². The maximum atomic E-state index is 13.2. The van der Waals surface area contributed by atoms with Gasteiger partial charge < -0.3 is 11.1 Å². The van der Waals surface area contributed by atoms with E-state index in [2.05, 4.69) is 17.4 Å². The Balaban J connectivity index is 1.86. The van der Waals surface area contributed by atoms with Crippen molar-refractivity contribution in [3.63, 3.8) is 0 Å². The average Bonchev–Trinajstić information content (AvgIpc) is 2.41. The second-order valence-corrected chi connectivity index (χ2v) is 4.36. The molecule has 2 rings (SSSR count). The van der Waals surface area contributed by atoms with Crippen LogP contribution in [0.3, 0.4) is 0 Å². The molecule has 0 aliphatic rings. The van der Waals surface area contributed by atoms with Crippen molar-refractivity contribution in [3.05, 3.63) is 59.7 Å². The molecule has 0 unspecified atom stereocenters. The maximum Gasteiger partial charge on any atom is 0.151 e. The summed E-state index contributed by atoms with van der Waals surface area (Å²) in [4.78, 5) is 0. The highest BCUT2D eigenvalue weighted by molar-refractivity contribution is 5.66. The number of benzene rings is 2. The van der Waals surface area contributed by atoms with E-state index in [9.17, 15) is 8.78 Å². The largest absolute Gasteiger partial charge is 0.395 e. The van der Waals surface area contributed by atoms with Crippen molar-refractivity contribution in [2.75, 3.05) is 17.6 Å². The van der Waals surface area contributed by atoms with Crippen LogP contribution >= 0.6 is 0 Å². The van der Waals surface area contributed by atoms with Gasteiger partial charge in [0.2, 0.25) is 0 Å². The van der Waals surface area contributed by atoms with E-state index < -0.39 is 11.6 Å². The first-order valence-electron chi connectivity index (χ1n) is 6.19. The molecule has 0 aliphatic carbocycles. The summed E-state index contributed by atoms with van der Waals surface area (Å²) in [6.07, 6.45) is 1.77. The van der Waals surface area contributed by atoms with Crippen LogP contribution in [-0.2, 0) is 6.42 Å². The van der Waals surface area contributed by atoms with Crippen LogP contribution in [0.25, 0.3) is 0 Å². The highest BCUT2D eigenvalue weighted by Gasteiger charge is 2.07. The van der Waals surface area contributed by atoms with Crippen LogP contribution < -0.4 is 11.1 Å². The molecule has 0 spiro atoms. The standard InChI is InChI=1S/C15H16F2N2/c16-12-9-13(17)15(18)14(10-12)19-8-4-7-11-5-2-1-3-6-11/h1-3,5-6,9-10,19H,4,7-8,18H2. The van der Waals surface area contributed by atoms with E-state index in [0.717, 1.165) is 18.9 Å². The first kappa shape index (κ1) is 13.3. The molecule has 3 N–H and O–H groups in total. The quantitative estimate of drug-likeness (QED) is 0.638. The summed E-state index contributed by atoms with van der Waals surface area (Å²) in [6, 6.07) is 12.0. The molecule has 2 aromatic rings. The van der Waals surface area contributed by atoms with Crippen molar-refractivity contribution in [2.24, 2.45) is 0 Å². The fourth-order valence-electron chi connectivity index (χ4n) is 1.89. The van der Waals surface area contributed by atoms with Gasteiger partial charge in [-0.25, -0.2) is 8.78 Å². The van der Waals surface area contributed by atoms with Gasteiger partial charge >= 0.3 is 0 Å². The molecule has 100 valence electrons. The zero-order chi connectivity index (χ0) is 13.7. The molecule has 4 heteroatoms. The molecule has 0 amide bonds. The summed E-state index contributed by atoms with van der Waals surface area (Å²) in [7, 11) is 0. The molecular formula is C15H16F2N2. The Hall–Kier alpha value is -2.10. The summed E-state index contributed by atoms with van der Waals surface area (Å²) in [6.45, 7) is 0.613. The van der Waals surface area contributed by atoms with Gasteiger partial charge in [0.05, 0.1) is 11.4 Å². The molecule has 0 fully saturated rings. The number of halogens is 2. The van der Waals surface area contributed by atoms with Gasteiger partial charge in [-0.2, -0.15) is 0 Å². The normalized spacial score (nSPS) is 10.4. The molecule has 0 bridgehead atoms. The summed E-state index contributed by atoms with van der Waals surface area (Å²) >= 11 is 0. The topological polar surface area (TPSA) is 38.0 Å². The van der Waals surface area contributed by atoms with Crippen molar-refractivity contribution in [2.45, 2.75) is 12.8 Å². The molecule has 0 aliphatic heterocycles. The highest BCUT2D eigenvalue weighted by atomic mass is 19.1. The number of anilines is 2. The van der Waals surface area contributed by atoms with Gasteiger partial charge in [0.1, 0.15) is 5.82 Å². The zero-order valence-electron chi connectivity index (χ0n) is 10.5. The summed E-state index contributed by atoms with van der Waals surface area (Å²) in [5.74, 6) is -1.36. The van der Waals surface area contributed by atoms with Crippen LogP contribution in [0.5, 0.6) is 0 Å². The van der Waals surface area contributed by atoms with Crippen LogP contribution in [0.4, 0.5) is 20.2 Å². The van der Waals surface area contributed by atoms with Gasteiger partial charge in [0.25, 0.3) is 0 Å². The van der Waals surface area contributed by atoms with Gasteiger partial charge in [-0.05, 0) is 24.5 Å². The van der Waals surface area contributed by atoms with Crippen LogP contribution in [0.2, 0.25) is 0 Å². The molecule has 2 nitrogen and oxygen atoms in total. The SMILES string of the molecule is Nc1c(F)cc(F)cc1NCCCc1ccccc1. The minimum atomic E-state index is -0.731. The summed E-state index contributed by atoms with van der Waals surface area (Å²) < 4.78 is 26.3. The Morgan fingerprint density at radius 1 is 1.05 bits per heavy atom. The average molecular weight is 262 g/mol. The minimum absolute atomic E-state index is 0.0406. The smallest absolute Gasteiger partial charge is 0.151 e. The Labute approximate surface area is 111 Å². The maximum absolute atomic E-state index is 13.2. The first-order chi connectivity index (χ1) is 9.16. The van der Waals surface area contributed by atoms with Crippen molar-refractivity contribution < 1.29 is 8.78 Å².